The van der Waals surface area contributed by atoms with Gasteiger partial charge in [-0.1, -0.05) is 6.07 Å². The maximum Gasteiger partial charge on any atom is 0.165 e. The van der Waals surface area contributed by atoms with Gasteiger partial charge in [0.25, 0.3) is 0 Å². The van der Waals surface area contributed by atoms with E-state index in [0.717, 1.165) is 5.56 Å². The third-order valence-electron chi connectivity index (χ3n) is 1.78. The van der Waals surface area contributed by atoms with Crippen molar-refractivity contribution < 1.29 is 9.13 Å². The van der Waals surface area contributed by atoms with Gasteiger partial charge in [-0.3, -0.25) is 0 Å². The van der Waals surface area contributed by atoms with Gasteiger partial charge in [0.15, 0.2) is 11.6 Å². The van der Waals surface area contributed by atoms with Crippen LogP contribution in [0.15, 0.2) is 18.2 Å². The molecule has 0 aliphatic carbocycles. The van der Waals surface area contributed by atoms with Gasteiger partial charge in [-0.25, -0.2) is 4.39 Å². The van der Waals surface area contributed by atoms with Gasteiger partial charge in [0.05, 0.1) is 6.61 Å². The zero-order chi connectivity index (χ0) is 9.84. The molecule has 0 aliphatic heterocycles. The summed E-state index contributed by atoms with van der Waals surface area (Å²) < 4.78 is 18.2. The molecule has 0 unspecified atom stereocenters. The molecule has 3 heteroatoms. The fourth-order valence-corrected chi connectivity index (χ4v) is 1.07. The number of benzene rings is 1. The Hall–Kier alpha value is -1.09. The second kappa shape index (κ2) is 4.23. The summed E-state index contributed by atoms with van der Waals surface area (Å²) in [6, 6.07) is 4.59. The molecule has 1 rings (SSSR count). The molecule has 0 spiro atoms. The van der Waals surface area contributed by atoms with Gasteiger partial charge in [-0.05, 0) is 31.5 Å². The monoisotopic (exact) mass is 183 g/mol. The molecule has 0 radical (unpaired) electrons. The number of hydrogen-bond acceptors (Lipinski definition) is 2. The Morgan fingerprint density at radius 2 is 2.23 bits per heavy atom. The minimum Gasteiger partial charge on any atom is -0.491 e. The minimum atomic E-state index is -0.341. The van der Waals surface area contributed by atoms with Crippen LogP contribution in [0.1, 0.15) is 25.5 Å². The normalized spacial score (nSPS) is 12.6. The smallest absolute Gasteiger partial charge is 0.165 e. The number of halogens is 1. The van der Waals surface area contributed by atoms with E-state index in [1.54, 1.807) is 12.1 Å². The Morgan fingerprint density at radius 1 is 1.54 bits per heavy atom. The standard InChI is InChI=1S/C10H14FNO/c1-3-13-10-6-8(7(2)12)4-5-9(10)11/h4-7H,3,12H2,1-2H3/t7-/m0/s1. The Bertz CT molecular complexity index is 286. The van der Waals surface area contributed by atoms with Gasteiger partial charge >= 0.3 is 0 Å². The van der Waals surface area contributed by atoms with E-state index in [4.69, 9.17) is 10.5 Å². The van der Waals surface area contributed by atoms with Crippen molar-refractivity contribution in [2.24, 2.45) is 5.73 Å². The second-order valence-electron chi connectivity index (χ2n) is 2.91. The molecule has 2 nitrogen and oxygen atoms in total. The molecular formula is C10H14FNO. The number of hydrogen-bond donors (Lipinski definition) is 1. The molecule has 72 valence electrons. The molecule has 0 amide bonds. The van der Waals surface area contributed by atoms with Crippen molar-refractivity contribution in [1.82, 2.24) is 0 Å². The largest absolute Gasteiger partial charge is 0.491 e. The molecule has 0 aliphatic rings. The van der Waals surface area contributed by atoms with E-state index in [2.05, 4.69) is 0 Å². The van der Waals surface area contributed by atoms with Crippen LogP contribution in [-0.2, 0) is 0 Å². The molecule has 1 aromatic carbocycles. The molecule has 2 N–H and O–H groups in total. The Kier molecular flexibility index (Phi) is 3.25. The predicted molar refractivity (Wildman–Crippen MR) is 50.2 cm³/mol. The van der Waals surface area contributed by atoms with Gasteiger partial charge < -0.3 is 10.5 Å². The first kappa shape index (κ1) is 9.99. The SMILES string of the molecule is CCOc1cc([C@H](C)N)ccc1F. The molecule has 0 aromatic heterocycles. The van der Waals surface area contributed by atoms with E-state index >= 15 is 0 Å². The third-order valence-corrected chi connectivity index (χ3v) is 1.78. The van der Waals surface area contributed by atoms with Crippen molar-refractivity contribution in [3.63, 3.8) is 0 Å². The van der Waals surface area contributed by atoms with E-state index < -0.39 is 0 Å². The van der Waals surface area contributed by atoms with Crippen LogP contribution in [0.3, 0.4) is 0 Å². The van der Waals surface area contributed by atoms with Gasteiger partial charge in [-0.15, -0.1) is 0 Å². The molecule has 0 saturated carbocycles. The topological polar surface area (TPSA) is 35.2 Å². The van der Waals surface area contributed by atoms with Crippen LogP contribution in [-0.4, -0.2) is 6.61 Å². The molecular weight excluding hydrogens is 169 g/mol. The van der Waals surface area contributed by atoms with Crippen LogP contribution in [0.4, 0.5) is 4.39 Å². The molecule has 0 fully saturated rings. The fourth-order valence-electron chi connectivity index (χ4n) is 1.07. The van der Waals surface area contributed by atoms with Crippen LogP contribution in [0.2, 0.25) is 0 Å². The highest BCUT2D eigenvalue weighted by Crippen LogP contribution is 2.21. The van der Waals surface area contributed by atoms with Crippen LogP contribution < -0.4 is 10.5 Å². The van der Waals surface area contributed by atoms with Crippen molar-refractivity contribution in [2.45, 2.75) is 19.9 Å². The summed E-state index contributed by atoms with van der Waals surface area (Å²) in [4.78, 5) is 0. The lowest BCUT2D eigenvalue weighted by atomic mass is 10.1. The van der Waals surface area contributed by atoms with Crippen molar-refractivity contribution in [1.29, 1.82) is 0 Å². The Balaban J connectivity index is 2.97. The predicted octanol–water partition coefficient (Wildman–Crippen LogP) is 2.24. The molecule has 0 saturated heterocycles. The van der Waals surface area contributed by atoms with Gasteiger partial charge in [0, 0.05) is 6.04 Å². The van der Waals surface area contributed by atoms with Gasteiger partial charge in [-0.2, -0.15) is 0 Å². The summed E-state index contributed by atoms with van der Waals surface area (Å²) >= 11 is 0. The first-order chi connectivity index (χ1) is 6.15. The zero-order valence-corrected chi connectivity index (χ0v) is 7.88. The fraction of sp³-hybridized carbons (Fsp3) is 0.400. The van der Waals surface area contributed by atoms with Crippen LogP contribution >= 0.6 is 0 Å². The highest BCUT2D eigenvalue weighted by atomic mass is 19.1. The summed E-state index contributed by atoms with van der Waals surface area (Å²) in [7, 11) is 0. The average Bonchev–Trinajstić information content (AvgIpc) is 2.08. The third kappa shape index (κ3) is 2.42. The van der Waals surface area contributed by atoms with Crippen LogP contribution in [0, 0.1) is 5.82 Å². The summed E-state index contributed by atoms with van der Waals surface area (Å²) in [5, 5.41) is 0. The molecule has 0 bridgehead atoms. The van der Waals surface area contributed by atoms with E-state index in [-0.39, 0.29) is 17.6 Å². The Labute approximate surface area is 77.5 Å². The minimum absolute atomic E-state index is 0.0974. The number of nitrogens with two attached hydrogens (primary N) is 1. The quantitative estimate of drug-likeness (QED) is 0.780. The lowest BCUT2D eigenvalue weighted by Gasteiger charge is -2.09. The highest BCUT2D eigenvalue weighted by molar-refractivity contribution is 5.31. The summed E-state index contributed by atoms with van der Waals surface area (Å²) in [5.41, 5.74) is 6.53. The lowest BCUT2D eigenvalue weighted by Crippen LogP contribution is -2.05. The van der Waals surface area contributed by atoms with E-state index in [1.807, 2.05) is 13.8 Å². The van der Waals surface area contributed by atoms with Crippen LogP contribution in [0.5, 0.6) is 5.75 Å². The Morgan fingerprint density at radius 3 is 2.77 bits per heavy atom. The maximum atomic E-state index is 13.1. The van der Waals surface area contributed by atoms with Gasteiger partial charge in [0.1, 0.15) is 0 Å². The van der Waals surface area contributed by atoms with E-state index in [9.17, 15) is 4.39 Å². The van der Waals surface area contributed by atoms with Gasteiger partial charge in [0.2, 0.25) is 0 Å². The van der Waals surface area contributed by atoms with Crippen LogP contribution in [0.25, 0.3) is 0 Å². The number of ether oxygens (including phenoxy) is 1. The summed E-state index contributed by atoms with van der Waals surface area (Å²) in [6.07, 6.45) is 0. The summed E-state index contributed by atoms with van der Waals surface area (Å²) in [5.74, 6) is -0.0662. The van der Waals surface area contributed by atoms with Crippen molar-refractivity contribution in [3.05, 3.63) is 29.6 Å². The van der Waals surface area contributed by atoms with Crippen molar-refractivity contribution in [3.8, 4) is 5.75 Å². The van der Waals surface area contributed by atoms with E-state index in [1.165, 1.54) is 6.07 Å². The first-order valence-corrected chi connectivity index (χ1v) is 4.33. The molecule has 1 aromatic rings. The van der Waals surface area contributed by atoms with E-state index in [0.29, 0.717) is 6.61 Å². The highest BCUT2D eigenvalue weighted by Gasteiger charge is 2.06. The summed E-state index contributed by atoms with van der Waals surface area (Å²) in [6.45, 7) is 4.13. The van der Waals surface area contributed by atoms with Crippen molar-refractivity contribution >= 4 is 0 Å². The zero-order valence-electron chi connectivity index (χ0n) is 7.88. The number of rotatable bonds is 3. The molecule has 1 atom stereocenters. The maximum absolute atomic E-state index is 13.1. The second-order valence-corrected chi connectivity index (χ2v) is 2.91. The lowest BCUT2D eigenvalue weighted by molar-refractivity contribution is 0.321. The first-order valence-electron chi connectivity index (χ1n) is 4.33. The average molecular weight is 183 g/mol. The molecule has 13 heavy (non-hydrogen) atoms. The van der Waals surface area contributed by atoms with Crippen molar-refractivity contribution in [2.75, 3.05) is 6.61 Å². The molecule has 0 heterocycles.